The lowest BCUT2D eigenvalue weighted by molar-refractivity contribution is 1.07. The van der Waals surface area contributed by atoms with Crippen molar-refractivity contribution in [2.45, 2.75) is 0 Å². The molecule has 0 spiro atoms. The van der Waals surface area contributed by atoms with Gasteiger partial charge in [-0.2, -0.15) is 0 Å². The Kier molecular flexibility index (Phi) is 7.43. The standard InChI is InChI=1S/C49H33N5/c1-5-15-34(16-6-1)35-27-29-36(30-28-35)44-33-45(51-46(50-44)37-17-7-2-8-18-37)42-25-13-23-40(31-42)41-24-14-26-43(32-41)49-53-47(38-19-9-3-10-20-38)52-48(54-49)39-21-11-4-12-22-39/h1-33H/i2D,7D,8D,17D,18D. The number of benzene rings is 7. The van der Waals surface area contributed by atoms with Crippen LogP contribution in [-0.2, 0) is 0 Å². The second-order valence-electron chi connectivity index (χ2n) is 12.6. The van der Waals surface area contributed by atoms with Crippen LogP contribution in [-0.4, -0.2) is 24.9 Å². The van der Waals surface area contributed by atoms with Crippen LogP contribution in [0.3, 0.4) is 0 Å². The van der Waals surface area contributed by atoms with Crippen LogP contribution in [0.15, 0.2) is 200 Å². The largest absolute Gasteiger partial charge is 0.228 e. The van der Waals surface area contributed by atoms with E-state index in [1.807, 2.05) is 164 Å². The number of hydrogen-bond acceptors (Lipinski definition) is 5. The highest BCUT2D eigenvalue weighted by Gasteiger charge is 2.15. The molecule has 2 heterocycles. The third-order valence-electron chi connectivity index (χ3n) is 9.05. The van der Waals surface area contributed by atoms with Crippen molar-refractivity contribution in [3.63, 3.8) is 0 Å². The molecule has 0 fully saturated rings. The molecule has 5 heteroatoms. The lowest BCUT2D eigenvalue weighted by Crippen LogP contribution is -2.00. The summed E-state index contributed by atoms with van der Waals surface area (Å²) in [5.74, 6) is 1.72. The van der Waals surface area contributed by atoms with Gasteiger partial charge >= 0.3 is 0 Å². The average molecular weight is 697 g/mol. The second-order valence-corrected chi connectivity index (χ2v) is 12.6. The van der Waals surface area contributed by atoms with E-state index in [0.29, 0.717) is 28.9 Å². The van der Waals surface area contributed by atoms with Gasteiger partial charge in [-0.05, 0) is 40.5 Å². The zero-order valence-electron chi connectivity index (χ0n) is 33.9. The highest BCUT2D eigenvalue weighted by molar-refractivity contribution is 5.78. The highest BCUT2D eigenvalue weighted by Crippen LogP contribution is 2.33. The fourth-order valence-corrected chi connectivity index (χ4v) is 6.31. The fraction of sp³-hybridized carbons (Fsp3) is 0. The van der Waals surface area contributed by atoms with Crippen LogP contribution in [0.25, 0.3) is 90.3 Å². The van der Waals surface area contributed by atoms with Gasteiger partial charge in [-0.25, -0.2) is 24.9 Å². The molecule has 0 bridgehead atoms. The Morgan fingerprint density at radius 2 is 0.648 bits per heavy atom. The Hall–Kier alpha value is -7.37. The van der Waals surface area contributed by atoms with Gasteiger partial charge in [0.15, 0.2) is 23.3 Å². The van der Waals surface area contributed by atoms with E-state index in [-0.39, 0.29) is 23.5 Å². The normalized spacial score (nSPS) is 12.3. The number of hydrogen-bond donors (Lipinski definition) is 0. The van der Waals surface area contributed by atoms with E-state index < -0.39 is 18.1 Å². The second kappa shape index (κ2) is 14.7. The number of aromatic nitrogens is 5. The number of rotatable bonds is 8. The summed E-state index contributed by atoms with van der Waals surface area (Å²) < 4.78 is 42.4. The molecular formula is C49H33N5. The number of nitrogens with zero attached hydrogens (tertiary/aromatic N) is 5. The Morgan fingerprint density at radius 3 is 1.22 bits per heavy atom. The molecule has 0 saturated heterocycles. The minimum Gasteiger partial charge on any atom is -0.228 e. The Labute approximate surface area is 321 Å². The van der Waals surface area contributed by atoms with E-state index in [4.69, 9.17) is 31.8 Å². The maximum Gasteiger partial charge on any atom is 0.164 e. The van der Waals surface area contributed by atoms with E-state index in [0.717, 1.165) is 50.1 Å². The van der Waals surface area contributed by atoms with Crippen molar-refractivity contribution in [2.75, 3.05) is 0 Å². The average Bonchev–Trinajstić information content (AvgIpc) is 3.31. The maximum absolute atomic E-state index is 8.74. The van der Waals surface area contributed by atoms with Crippen LogP contribution < -0.4 is 0 Å². The van der Waals surface area contributed by atoms with Crippen LogP contribution in [0.5, 0.6) is 0 Å². The molecule has 0 aliphatic rings. The first kappa shape index (κ1) is 27.3. The van der Waals surface area contributed by atoms with E-state index >= 15 is 0 Å². The van der Waals surface area contributed by atoms with Crippen LogP contribution in [0.4, 0.5) is 0 Å². The minimum atomic E-state index is -0.476. The first-order chi connectivity index (χ1) is 28.8. The highest BCUT2D eigenvalue weighted by atomic mass is 15.0. The molecule has 254 valence electrons. The van der Waals surface area contributed by atoms with Gasteiger partial charge in [-0.15, -0.1) is 0 Å². The van der Waals surface area contributed by atoms with Gasteiger partial charge in [0.2, 0.25) is 0 Å². The maximum atomic E-state index is 8.74. The molecule has 54 heavy (non-hydrogen) atoms. The van der Waals surface area contributed by atoms with Crippen LogP contribution in [0.2, 0.25) is 0 Å². The summed E-state index contributed by atoms with van der Waals surface area (Å²) in [5, 5.41) is 0. The molecule has 9 rings (SSSR count). The molecule has 0 saturated carbocycles. The van der Waals surface area contributed by atoms with E-state index in [1.54, 1.807) is 0 Å². The Morgan fingerprint density at radius 1 is 0.259 bits per heavy atom. The van der Waals surface area contributed by atoms with Crippen molar-refractivity contribution >= 4 is 0 Å². The molecular weight excluding hydrogens is 659 g/mol. The lowest BCUT2D eigenvalue weighted by Gasteiger charge is -2.12. The van der Waals surface area contributed by atoms with E-state index in [2.05, 4.69) is 6.07 Å². The van der Waals surface area contributed by atoms with Crippen LogP contribution in [0, 0.1) is 0 Å². The minimum absolute atomic E-state index is 0.0345. The molecule has 0 unspecified atom stereocenters. The SMILES string of the molecule is [2H]c1c([2H])c([2H])c(-c2nc(-c3ccc(-c4ccccc4)cc3)cc(-c3cccc(-c4cccc(-c5nc(-c6ccccc6)nc(-c6ccccc6)n5)c4)c3)n2)c([2H])c1[2H]. The monoisotopic (exact) mass is 696 g/mol. The van der Waals surface area contributed by atoms with Gasteiger partial charge in [0, 0.05) is 33.4 Å². The summed E-state index contributed by atoms with van der Waals surface area (Å²) in [5.41, 5.74) is 9.07. The summed E-state index contributed by atoms with van der Waals surface area (Å²) in [4.78, 5) is 24.4. The first-order valence-electron chi connectivity index (χ1n) is 20.0. The molecule has 2 aromatic heterocycles. The summed E-state index contributed by atoms with van der Waals surface area (Å²) in [7, 11) is 0. The summed E-state index contributed by atoms with van der Waals surface area (Å²) in [6.45, 7) is 0. The predicted octanol–water partition coefficient (Wildman–Crippen LogP) is 12.0. The first-order valence-corrected chi connectivity index (χ1v) is 17.5. The molecule has 0 N–H and O–H groups in total. The van der Waals surface area contributed by atoms with E-state index in [1.165, 1.54) is 0 Å². The van der Waals surface area contributed by atoms with Gasteiger partial charge in [-0.1, -0.05) is 182 Å². The Balaban J connectivity index is 1.15. The van der Waals surface area contributed by atoms with Crippen molar-refractivity contribution in [1.29, 1.82) is 0 Å². The summed E-state index contributed by atoms with van der Waals surface area (Å²) in [6.07, 6.45) is 0. The van der Waals surface area contributed by atoms with Crippen molar-refractivity contribution in [3.05, 3.63) is 200 Å². The molecule has 0 amide bonds. The summed E-state index contributed by atoms with van der Waals surface area (Å²) in [6, 6.07) is 53.5. The molecule has 0 atom stereocenters. The molecule has 5 nitrogen and oxygen atoms in total. The van der Waals surface area contributed by atoms with Crippen molar-refractivity contribution < 1.29 is 6.85 Å². The van der Waals surface area contributed by atoms with Crippen LogP contribution >= 0.6 is 0 Å². The predicted molar refractivity (Wildman–Crippen MR) is 219 cm³/mol. The third-order valence-corrected chi connectivity index (χ3v) is 9.05. The van der Waals surface area contributed by atoms with Gasteiger partial charge in [-0.3, -0.25) is 0 Å². The zero-order chi connectivity index (χ0) is 40.5. The van der Waals surface area contributed by atoms with E-state index in [9.17, 15) is 0 Å². The lowest BCUT2D eigenvalue weighted by atomic mass is 9.98. The van der Waals surface area contributed by atoms with Crippen molar-refractivity contribution in [3.8, 4) is 90.3 Å². The molecule has 9 aromatic rings. The quantitative estimate of drug-likeness (QED) is 0.158. The third kappa shape index (κ3) is 6.94. The van der Waals surface area contributed by atoms with Crippen LogP contribution in [0.1, 0.15) is 6.85 Å². The molecule has 0 aliphatic carbocycles. The fourth-order valence-electron chi connectivity index (χ4n) is 6.31. The van der Waals surface area contributed by atoms with Gasteiger partial charge in [0.05, 0.1) is 18.2 Å². The molecule has 7 aromatic carbocycles. The van der Waals surface area contributed by atoms with Gasteiger partial charge < -0.3 is 0 Å². The van der Waals surface area contributed by atoms with Crippen molar-refractivity contribution in [1.82, 2.24) is 24.9 Å². The molecule has 0 radical (unpaired) electrons. The van der Waals surface area contributed by atoms with Gasteiger partial charge in [0.25, 0.3) is 0 Å². The zero-order valence-corrected chi connectivity index (χ0v) is 28.9. The van der Waals surface area contributed by atoms with Gasteiger partial charge in [0.1, 0.15) is 0 Å². The molecule has 0 aliphatic heterocycles. The topological polar surface area (TPSA) is 64.5 Å². The Bertz CT molecular complexity index is 2900. The summed E-state index contributed by atoms with van der Waals surface area (Å²) >= 11 is 0. The smallest absolute Gasteiger partial charge is 0.164 e. The van der Waals surface area contributed by atoms with Crippen molar-refractivity contribution in [2.24, 2.45) is 0 Å².